The molecule has 1 N–H and O–H groups in total. The van der Waals surface area contributed by atoms with Gasteiger partial charge < -0.3 is 0 Å². The summed E-state index contributed by atoms with van der Waals surface area (Å²) in [4.78, 5) is 0. The van der Waals surface area contributed by atoms with Crippen molar-refractivity contribution in [2.45, 2.75) is 6.42 Å². The van der Waals surface area contributed by atoms with Crippen LogP contribution in [-0.4, -0.2) is 24.6 Å². The fourth-order valence-corrected chi connectivity index (χ4v) is 1.07. The van der Waals surface area contributed by atoms with E-state index in [0.717, 1.165) is 19.6 Å². The summed E-state index contributed by atoms with van der Waals surface area (Å²) >= 11 is 5.58. The molecule has 0 spiro atoms. The van der Waals surface area contributed by atoms with Crippen molar-refractivity contribution in [1.82, 2.24) is 10.4 Å². The molecule has 1 rings (SSSR count). The van der Waals surface area contributed by atoms with Crippen molar-refractivity contribution in [3.63, 3.8) is 0 Å². The molecule has 1 saturated heterocycles. The first-order valence-corrected chi connectivity index (χ1v) is 3.48. The van der Waals surface area contributed by atoms with Crippen LogP contribution in [0.25, 0.3) is 0 Å². The van der Waals surface area contributed by atoms with Gasteiger partial charge in [0.15, 0.2) is 0 Å². The van der Waals surface area contributed by atoms with E-state index in [-0.39, 0.29) is 0 Å². The van der Waals surface area contributed by atoms with Crippen molar-refractivity contribution in [2.24, 2.45) is 0 Å². The van der Waals surface area contributed by atoms with Crippen LogP contribution < -0.4 is 5.43 Å². The predicted octanol–water partition coefficient (Wildman–Crippen LogP) is 0.949. The lowest BCUT2D eigenvalue weighted by molar-refractivity contribution is 0.281. The van der Waals surface area contributed by atoms with Gasteiger partial charge in [-0.15, -0.1) is 0 Å². The van der Waals surface area contributed by atoms with Crippen LogP contribution in [0.2, 0.25) is 0 Å². The Hall–Kier alpha value is -0.0500. The summed E-state index contributed by atoms with van der Waals surface area (Å²) in [5, 5.41) is 2.78. The van der Waals surface area contributed by atoms with E-state index in [1.807, 2.05) is 0 Å². The van der Waals surface area contributed by atoms with Crippen molar-refractivity contribution in [3.05, 3.63) is 11.6 Å². The molecule has 1 aliphatic heterocycles. The van der Waals surface area contributed by atoms with Crippen LogP contribution in [0.4, 0.5) is 0 Å². The Morgan fingerprint density at radius 2 is 2.56 bits per heavy atom. The first-order chi connectivity index (χ1) is 4.29. The zero-order valence-corrected chi connectivity index (χ0v) is 6.12. The molecule has 0 saturated carbocycles. The highest BCUT2D eigenvalue weighted by atomic mass is 35.5. The highest BCUT2D eigenvalue weighted by molar-refractivity contribution is 6.29. The molecule has 0 amide bonds. The van der Waals surface area contributed by atoms with Gasteiger partial charge in [-0.25, -0.2) is 5.01 Å². The minimum Gasteiger partial charge on any atom is -0.255 e. The van der Waals surface area contributed by atoms with E-state index in [2.05, 4.69) is 17.0 Å². The SMILES string of the molecule is C=C(Cl)CN1CCCN1. The normalized spacial score (nSPS) is 20.6. The molecule has 1 heterocycles. The van der Waals surface area contributed by atoms with Crippen molar-refractivity contribution in [2.75, 3.05) is 19.6 Å². The van der Waals surface area contributed by atoms with Crippen LogP contribution in [0.5, 0.6) is 0 Å². The Labute approximate surface area is 60.5 Å². The standard InChI is InChI=1S/C6H11ClN2/c1-6(7)5-9-4-2-3-8-9/h8H,1-5H2. The molecule has 0 aromatic heterocycles. The molecule has 52 valence electrons. The van der Waals surface area contributed by atoms with Gasteiger partial charge in [-0.05, 0) is 6.42 Å². The van der Waals surface area contributed by atoms with E-state index in [9.17, 15) is 0 Å². The summed E-state index contributed by atoms with van der Waals surface area (Å²) in [6.45, 7) is 6.53. The molecule has 0 bridgehead atoms. The highest BCUT2D eigenvalue weighted by Gasteiger charge is 2.09. The largest absolute Gasteiger partial charge is 0.255 e. The first kappa shape index (κ1) is 7.06. The molecule has 1 aliphatic rings. The zero-order chi connectivity index (χ0) is 6.69. The number of nitrogens with zero attached hydrogens (tertiary/aromatic N) is 1. The third kappa shape index (κ3) is 2.35. The van der Waals surface area contributed by atoms with E-state index < -0.39 is 0 Å². The summed E-state index contributed by atoms with van der Waals surface area (Å²) in [5.74, 6) is 0. The second-order valence-corrected chi connectivity index (χ2v) is 2.74. The Kier molecular flexibility index (Phi) is 2.51. The van der Waals surface area contributed by atoms with Crippen molar-refractivity contribution < 1.29 is 0 Å². The fourth-order valence-electron chi connectivity index (χ4n) is 0.928. The van der Waals surface area contributed by atoms with Crippen molar-refractivity contribution in [1.29, 1.82) is 0 Å². The molecule has 0 atom stereocenters. The summed E-state index contributed by atoms with van der Waals surface area (Å²) in [6, 6.07) is 0. The molecule has 9 heavy (non-hydrogen) atoms. The fraction of sp³-hybridized carbons (Fsp3) is 0.667. The van der Waals surface area contributed by atoms with Crippen LogP contribution in [0.3, 0.4) is 0 Å². The van der Waals surface area contributed by atoms with Crippen LogP contribution in [0.1, 0.15) is 6.42 Å². The molecule has 0 aromatic rings. The zero-order valence-electron chi connectivity index (χ0n) is 5.36. The van der Waals surface area contributed by atoms with Crippen LogP contribution in [0.15, 0.2) is 11.6 Å². The summed E-state index contributed by atoms with van der Waals surface area (Å²) < 4.78 is 0. The molecule has 0 aromatic carbocycles. The predicted molar refractivity (Wildman–Crippen MR) is 39.2 cm³/mol. The third-order valence-electron chi connectivity index (χ3n) is 1.30. The Bertz CT molecular complexity index is 108. The number of hydrogen-bond donors (Lipinski definition) is 1. The van der Waals surface area contributed by atoms with Gasteiger partial charge in [0, 0.05) is 24.7 Å². The Morgan fingerprint density at radius 1 is 1.78 bits per heavy atom. The third-order valence-corrected chi connectivity index (χ3v) is 1.42. The second-order valence-electron chi connectivity index (χ2n) is 2.20. The molecule has 0 aliphatic carbocycles. The van der Waals surface area contributed by atoms with Gasteiger partial charge in [0.1, 0.15) is 0 Å². The first-order valence-electron chi connectivity index (χ1n) is 3.11. The van der Waals surface area contributed by atoms with Gasteiger partial charge >= 0.3 is 0 Å². The maximum absolute atomic E-state index is 5.58. The molecule has 0 unspecified atom stereocenters. The molecular formula is C6H11ClN2. The average molecular weight is 147 g/mol. The Morgan fingerprint density at radius 3 is 3.00 bits per heavy atom. The Balaban J connectivity index is 2.19. The molecule has 3 heteroatoms. The van der Waals surface area contributed by atoms with Gasteiger partial charge in [0.25, 0.3) is 0 Å². The monoisotopic (exact) mass is 146 g/mol. The smallest absolute Gasteiger partial charge is 0.0483 e. The number of nitrogens with one attached hydrogen (secondary N) is 1. The van der Waals surface area contributed by atoms with Crippen molar-refractivity contribution >= 4 is 11.6 Å². The quantitative estimate of drug-likeness (QED) is 0.624. The van der Waals surface area contributed by atoms with Gasteiger partial charge in [-0.3, -0.25) is 5.43 Å². The van der Waals surface area contributed by atoms with Crippen LogP contribution in [0, 0.1) is 0 Å². The molecule has 2 nitrogen and oxygen atoms in total. The van der Waals surface area contributed by atoms with Gasteiger partial charge in [0.2, 0.25) is 0 Å². The van der Waals surface area contributed by atoms with Crippen LogP contribution >= 0.6 is 11.6 Å². The lowest BCUT2D eigenvalue weighted by Crippen LogP contribution is -2.31. The topological polar surface area (TPSA) is 15.3 Å². The van der Waals surface area contributed by atoms with E-state index in [1.165, 1.54) is 6.42 Å². The number of rotatable bonds is 2. The lowest BCUT2D eigenvalue weighted by Gasteiger charge is -2.12. The van der Waals surface area contributed by atoms with E-state index >= 15 is 0 Å². The van der Waals surface area contributed by atoms with Gasteiger partial charge in [-0.2, -0.15) is 0 Å². The maximum Gasteiger partial charge on any atom is 0.0483 e. The molecule has 1 fully saturated rings. The molecular weight excluding hydrogens is 136 g/mol. The molecule has 0 radical (unpaired) electrons. The minimum absolute atomic E-state index is 0.699. The lowest BCUT2D eigenvalue weighted by atomic mass is 10.4. The average Bonchev–Trinajstić information content (AvgIpc) is 2.15. The summed E-state index contributed by atoms with van der Waals surface area (Å²) in [5.41, 5.74) is 3.18. The van der Waals surface area contributed by atoms with E-state index in [1.54, 1.807) is 0 Å². The highest BCUT2D eigenvalue weighted by Crippen LogP contribution is 2.02. The number of hydrazine groups is 1. The summed E-state index contributed by atoms with van der Waals surface area (Å²) in [6.07, 6.45) is 1.21. The minimum atomic E-state index is 0.699. The second kappa shape index (κ2) is 3.20. The van der Waals surface area contributed by atoms with E-state index in [0.29, 0.717) is 5.03 Å². The van der Waals surface area contributed by atoms with Gasteiger partial charge in [-0.1, -0.05) is 18.2 Å². The van der Waals surface area contributed by atoms with Crippen LogP contribution in [-0.2, 0) is 0 Å². The summed E-state index contributed by atoms with van der Waals surface area (Å²) in [7, 11) is 0. The van der Waals surface area contributed by atoms with Gasteiger partial charge in [0.05, 0.1) is 0 Å². The number of hydrogen-bond acceptors (Lipinski definition) is 2. The van der Waals surface area contributed by atoms with Crippen molar-refractivity contribution in [3.8, 4) is 0 Å². The van der Waals surface area contributed by atoms with E-state index in [4.69, 9.17) is 11.6 Å². The number of halogens is 1. The maximum atomic E-state index is 5.58.